The number of hydrogen-bond acceptors (Lipinski definition) is 5. The number of aliphatic carboxylic acids is 1. The van der Waals surface area contributed by atoms with Gasteiger partial charge in [0, 0.05) is 11.8 Å². The van der Waals surface area contributed by atoms with Crippen LogP contribution in [0.15, 0.2) is 42.5 Å². The highest BCUT2D eigenvalue weighted by atomic mass is 16.5. The van der Waals surface area contributed by atoms with Crippen molar-refractivity contribution in [1.82, 2.24) is 0 Å². The van der Waals surface area contributed by atoms with Crippen molar-refractivity contribution >= 4 is 17.9 Å². The summed E-state index contributed by atoms with van der Waals surface area (Å²) in [6, 6.07) is 9.67. The summed E-state index contributed by atoms with van der Waals surface area (Å²) in [7, 11) is 0. The Balaban J connectivity index is 1.14. The Bertz CT molecular complexity index is 1530. The first-order valence-electron chi connectivity index (χ1n) is 20.5. The fourth-order valence-electron chi connectivity index (χ4n) is 14.1. The van der Waals surface area contributed by atoms with Gasteiger partial charge in [-0.15, -0.1) is 0 Å². The van der Waals surface area contributed by atoms with E-state index in [0.29, 0.717) is 29.6 Å². The summed E-state index contributed by atoms with van der Waals surface area (Å²) in [5, 5.41) is 9.73. The van der Waals surface area contributed by atoms with Crippen molar-refractivity contribution in [3.05, 3.63) is 48.0 Å². The van der Waals surface area contributed by atoms with E-state index in [-0.39, 0.29) is 71.0 Å². The van der Waals surface area contributed by atoms with Gasteiger partial charge in [0.25, 0.3) is 0 Å². The number of hydrogen-bond donors (Lipinski definition) is 1. The first kappa shape index (κ1) is 39.1. The minimum Gasteiger partial charge on any atom is -0.481 e. The minimum atomic E-state index is -0.658. The average Bonchev–Trinajstić information content (AvgIpc) is 3.45. The van der Waals surface area contributed by atoms with E-state index >= 15 is 0 Å². The monoisotopic (exact) mass is 717 g/mol. The third-order valence-electron chi connectivity index (χ3n) is 16.8. The van der Waals surface area contributed by atoms with E-state index in [0.717, 1.165) is 50.5 Å². The van der Waals surface area contributed by atoms with Gasteiger partial charge in [-0.1, -0.05) is 91.0 Å². The minimum absolute atomic E-state index is 0.136. The van der Waals surface area contributed by atoms with Crippen LogP contribution in [0.25, 0.3) is 0 Å². The molecule has 5 fully saturated rings. The number of carboxylic acid groups (broad SMARTS) is 1. The fraction of sp³-hybridized carbons (Fsp3) is 0.761. The molecule has 0 aliphatic heterocycles. The number of rotatable bonds is 11. The number of ether oxygens (including phenoxy) is 2. The van der Waals surface area contributed by atoms with Crippen LogP contribution in [0, 0.1) is 62.1 Å². The van der Waals surface area contributed by atoms with Crippen LogP contribution < -0.4 is 0 Å². The second kappa shape index (κ2) is 13.9. The molecule has 0 radical (unpaired) electrons. The summed E-state index contributed by atoms with van der Waals surface area (Å²) in [6.45, 7) is 23.4. The Labute approximate surface area is 314 Å². The predicted molar refractivity (Wildman–Crippen MR) is 205 cm³/mol. The van der Waals surface area contributed by atoms with E-state index in [1.165, 1.54) is 31.3 Å². The second-order valence-corrected chi connectivity index (χ2v) is 20.4. The Kier molecular flexibility index (Phi) is 10.4. The number of carbonyl (C=O) groups is 3. The molecule has 6 nitrogen and oxygen atoms in total. The molecule has 1 aromatic carbocycles. The van der Waals surface area contributed by atoms with Gasteiger partial charge in [-0.25, -0.2) is 0 Å². The van der Waals surface area contributed by atoms with E-state index < -0.39 is 11.4 Å². The van der Waals surface area contributed by atoms with E-state index in [4.69, 9.17) is 9.47 Å². The van der Waals surface area contributed by atoms with Gasteiger partial charge < -0.3 is 14.6 Å². The van der Waals surface area contributed by atoms with Crippen molar-refractivity contribution in [1.29, 1.82) is 0 Å². The van der Waals surface area contributed by atoms with Gasteiger partial charge in [-0.3, -0.25) is 14.4 Å². The first-order chi connectivity index (χ1) is 24.3. The molecular weight excluding hydrogens is 648 g/mol. The molecule has 10 atom stereocenters. The maximum absolute atomic E-state index is 13.6. The Morgan fingerprint density at radius 2 is 1.52 bits per heavy atom. The molecule has 0 amide bonds. The van der Waals surface area contributed by atoms with Gasteiger partial charge in [0.05, 0.1) is 12.8 Å². The first-order valence-corrected chi connectivity index (χ1v) is 20.5. The molecule has 5 aliphatic carbocycles. The van der Waals surface area contributed by atoms with Gasteiger partial charge >= 0.3 is 17.9 Å². The molecular formula is C46H68O6. The summed E-state index contributed by atoms with van der Waals surface area (Å²) >= 11 is 0. The van der Waals surface area contributed by atoms with E-state index in [1.807, 2.05) is 44.2 Å². The lowest BCUT2D eigenvalue weighted by Crippen LogP contribution is -2.66. The van der Waals surface area contributed by atoms with Crippen molar-refractivity contribution in [2.45, 2.75) is 158 Å². The Hall–Kier alpha value is -2.63. The molecule has 0 aromatic heterocycles. The number of esters is 2. The van der Waals surface area contributed by atoms with Crippen molar-refractivity contribution in [3.8, 4) is 0 Å². The molecule has 0 heterocycles. The standard InChI is InChI=1S/C46H68O6/c1-30(2)32-17-23-46(24-20-37(47)48)26-25-44(8)33(40(32)46)15-16-35-43(7)21-19-36(42(5,6)34(43)18-22-45(35,44)9)52-39(50)28-41(3,4)27-38(49)51-29-31-13-11-10-12-14-31/h10-14,32-36,40H,1,15-29H2,2-9H3,(H,47,48)/t32-,33?,34?,35?,36-,40?,43-,44+,45+,46-/m0/s1. The van der Waals surface area contributed by atoms with Crippen molar-refractivity contribution < 1.29 is 29.0 Å². The zero-order valence-electron chi connectivity index (χ0n) is 33.7. The molecule has 6 heteroatoms. The Morgan fingerprint density at radius 3 is 2.19 bits per heavy atom. The van der Waals surface area contributed by atoms with Gasteiger partial charge in [0.1, 0.15) is 12.7 Å². The predicted octanol–water partition coefficient (Wildman–Crippen LogP) is 11.0. The van der Waals surface area contributed by atoms with Crippen LogP contribution in [0.4, 0.5) is 0 Å². The van der Waals surface area contributed by atoms with Crippen LogP contribution >= 0.6 is 0 Å². The average molecular weight is 717 g/mol. The topological polar surface area (TPSA) is 89.9 Å². The van der Waals surface area contributed by atoms with Gasteiger partial charge in [-0.05, 0) is 140 Å². The Morgan fingerprint density at radius 1 is 0.827 bits per heavy atom. The highest BCUT2D eigenvalue weighted by molar-refractivity contribution is 5.74. The van der Waals surface area contributed by atoms with Gasteiger partial charge in [0.15, 0.2) is 0 Å². The molecule has 52 heavy (non-hydrogen) atoms. The third-order valence-corrected chi connectivity index (χ3v) is 16.8. The highest BCUT2D eigenvalue weighted by Gasteiger charge is 2.71. The highest BCUT2D eigenvalue weighted by Crippen LogP contribution is 2.78. The summed E-state index contributed by atoms with van der Waals surface area (Å²) in [4.78, 5) is 38.1. The maximum atomic E-state index is 13.6. The number of benzene rings is 1. The molecule has 0 bridgehead atoms. The summed E-state index contributed by atoms with van der Waals surface area (Å²) < 4.78 is 11.9. The molecule has 4 unspecified atom stereocenters. The lowest BCUT2D eigenvalue weighted by Gasteiger charge is -2.73. The number of carboxylic acids is 1. The quantitative estimate of drug-likeness (QED) is 0.181. The van der Waals surface area contributed by atoms with Crippen molar-refractivity contribution in [2.75, 3.05) is 0 Å². The summed E-state index contributed by atoms with van der Waals surface area (Å²) in [5.41, 5.74) is 2.25. The van der Waals surface area contributed by atoms with Crippen LogP contribution in [0.1, 0.15) is 151 Å². The fourth-order valence-corrected chi connectivity index (χ4v) is 14.1. The van der Waals surface area contributed by atoms with Gasteiger partial charge in [0.2, 0.25) is 0 Å². The van der Waals surface area contributed by atoms with Gasteiger partial charge in [-0.2, -0.15) is 0 Å². The van der Waals surface area contributed by atoms with Crippen LogP contribution in [0.2, 0.25) is 0 Å². The largest absolute Gasteiger partial charge is 0.481 e. The molecule has 0 saturated heterocycles. The van der Waals surface area contributed by atoms with Crippen molar-refractivity contribution in [2.24, 2.45) is 62.1 Å². The lowest BCUT2D eigenvalue weighted by molar-refractivity contribution is -0.250. The zero-order chi connectivity index (χ0) is 37.9. The summed E-state index contributed by atoms with van der Waals surface area (Å²) in [6.07, 6.45) is 12.7. The maximum Gasteiger partial charge on any atom is 0.306 e. The SMILES string of the molecule is C=C(C)[C@@H]1CC[C@]2(CCC(=O)O)CC[C@]3(C)C(CCC4[C@@]5(C)CC[C@H](OC(=O)CC(C)(C)CC(=O)OCc6ccccc6)C(C)(C)C5CC[C@]43C)C12. The van der Waals surface area contributed by atoms with Crippen LogP contribution in [0.5, 0.6) is 0 Å². The van der Waals surface area contributed by atoms with E-state index in [9.17, 15) is 19.5 Å². The lowest BCUT2D eigenvalue weighted by atomic mass is 9.32. The normalized spacial score (nSPS) is 39.2. The molecule has 5 aliphatic rings. The van der Waals surface area contributed by atoms with Crippen LogP contribution in [-0.2, 0) is 30.5 Å². The molecule has 1 N–H and O–H groups in total. The number of allylic oxidation sites excluding steroid dienone is 1. The molecule has 1 aromatic rings. The number of fused-ring (bicyclic) bond motifs is 7. The van der Waals surface area contributed by atoms with E-state index in [1.54, 1.807) is 0 Å². The molecule has 0 spiro atoms. The molecule has 288 valence electrons. The van der Waals surface area contributed by atoms with E-state index in [2.05, 4.69) is 48.1 Å². The van der Waals surface area contributed by atoms with Crippen LogP contribution in [0.3, 0.4) is 0 Å². The van der Waals surface area contributed by atoms with Crippen molar-refractivity contribution in [3.63, 3.8) is 0 Å². The summed E-state index contributed by atoms with van der Waals surface area (Å²) in [5.74, 6) is 1.53. The second-order valence-electron chi connectivity index (χ2n) is 20.4. The third kappa shape index (κ3) is 6.69. The number of carbonyl (C=O) groups excluding carboxylic acids is 2. The smallest absolute Gasteiger partial charge is 0.306 e. The molecule has 5 saturated carbocycles. The zero-order valence-corrected chi connectivity index (χ0v) is 33.7. The molecule has 6 rings (SSSR count). The van der Waals surface area contributed by atoms with Crippen LogP contribution in [-0.4, -0.2) is 29.1 Å².